The quantitative estimate of drug-likeness (QED) is 0.350. The second-order valence-electron chi connectivity index (χ2n) is 8.48. The number of hydrogen-bond acceptors (Lipinski definition) is 8. The Balaban J connectivity index is 1.29. The SMILES string of the molecule is COc1ccccc1NC(=O)COc1ccc(C=Nn2cnc3sc4c(c3c2=O)CCCC4)cc1OC. The highest BCUT2D eigenvalue weighted by Crippen LogP contribution is 2.33. The number of methoxy groups -OCH3 is 2. The van der Waals surface area contributed by atoms with Crippen molar-refractivity contribution < 1.29 is 19.0 Å². The number of carbonyl (C=O) groups is 1. The molecule has 1 aliphatic carbocycles. The van der Waals surface area contributed by atoms with Crippen LogP contribution in [0.5, 0.6) is 17.2 Å². The third-order valence-electron chi connectivity index (χ3n) is 6.12. The summed E-state index contributed by atoms with van der Waals surface area (Å²) in [6.45, 7) is -0.214. The van der Waals surface area contributed by atoms with Crippen molar-refractivity contribution in [3.8, 4) is 17.2 Å². The van der Waals surface area contributed by atoms with Crippen LogP contribution in [0.25, 0.3) is 10.2 Å². The maximum absolute atomic E-state index is 13.1. The zero-order chi connectivity index (χ0) is 25.8. The summed E-state index contributed by atoms with van der Waals surface area (Å²) in [6.07, 6.45) is 7.18. The van der Waals surface area contributed by atoms with Crippen molar-refractivity contribution in [3.05, 3.63) is 75.1 Å². The molecule has 0 atom stereocenters. The Kier molecular flexibility index (Phi) is 7.18. The fourth-order valence-electron chi connectivity index (χ4n) is 4.31. The molecule has 0 aliphatic heterocycles. The summed E-state index contributed by atoms with van der Waals surface area (Å²) in [6, 6.07) is 12.3. The molecule has 5 rings (SSSR count). The molecule has 0 saturated carbocycles. The van der Waals surface area contributed by atoms with Crippen LogP contribution >= 0.6 is 11.3 Å². The molecule has 0 unspecified atom stereocenters. The molecule has 0 spiro atoms. The van der Waals surface area contributed by atoms with E-state index in [0.29, 0.717) is 33.9 Å². The molecule has 2 aromatic carbocycles. The van der Waals surface area contributed by atoms with Gasteiger partial charge in [-0.1, -0.05) is 12.1 Å². The van der Waals surface area contributed by atoms with Crippen LogP contribution in [0, 0.1) is 0 Å². The van der Waals surface area contributed by atoms with Crippen molar-refractivity contribution in [3.63, 3.8) is 0 Å². The Morgan fingerprint density at radius 1 is 1.11 bits per heavy atom. The Morgan fingerprint density at radius 3 is 2.76 bits per heavy atom. The summed E-state index contributed by atoms with van der Waals surface area (Å²) < 4.78 is 17.6. The summed E-state index contributed by atoms with van der Waals surface area (Å²) in [7, 11) is 3.05. The number of para-hydroxylation sites is 2. The summed E-state index contributed by atoms with van der Waals surface area (Å²) in [5, 5.41) is 7.80. The standard InChI is InChI=1S/C27H26N4O5S/c1-34-20-9-5-4-8-19(20)30-24(32)15-36-21-12-11-17(13-22(21)35-2)14-29-31-16-28-26-25(27(31)33)18-7-3-6-10-23(18)37-26/h4-5,8-9,11-14,16H,3,6-7,10,15H2,1-2H3,(H,30,32). The lowest BCUT2D eigenvalue weighted by Gasteiger charge is -2.12. The third-order valence-corrected chi connectivity index (χ3v) is 7.32. The summed E-state index contributed by atoms with van der Waals surface area (Å²) in [4.78, 5) is 32.0. The number of anilines is 1. The predicted molar refractivity (Wildman–Crippen MR) is 144 cm³/mol. The lowest BCUT2D eigenvalue weighted by molar-refractivity contribution is -0.118. The molecule has 37 heavy (non-hydrogen) atoms. The smallest absolute Gasteiger partial charge is 0.282 e. The maximum Gasteiger partial charge on any atom is 0.282 e. The van der Waals surface area contributed by atoms with Crippen LogP contribution in [0.4, 0.5) is 5.69 Å². The van der Waals surface area contributed by atoms with Gasteiger partial charge in [-0.15, -0.1) is 11.3 Å². The van der Waals surface area contributed by atoms with Gasteiger partial charge >= 0.3 is 0 Å². The molecule has 0 bridgehead atoms. The first-order valence-corrected chi connectivity index (χ1v) is 12.7. The first kappa shape index (κ1) is 24.5. The van der Waals surface area contributed by atoms with E-state index < -0.39 is 0 Å². The van der Waals surface area contributed by atoms with Crippen LogP contribution in [-0.2, 0) is 17.6 Å². The van der Waals surface area contributed by atoms with Gasteiger partial charge in [-0.05, 0) is 67.1 Å². The first-order valence-electron chi connectivity index (χ1n) is 11.9. The summed E-state index contributed by atoms with van der Waals surface area (Å²) >= 11 is 1.61. The average Bonchev–Trinajstić information content (AvgIpc) is 3.31. The van der Waals surface area contributed by atoms with Crippen LogP contribution in [0.3, 0.4) is 0 Å². The van der Waals surface area contributed by atoms with Gasteiger partial charge in [0.25, 0.3) is 11.5 Å². The van der Waals surface area contributed by atoms with E-state index in [1.807, 2.05) is 6.07 Å². The second kappa shape index (κ2) is 10.8. The minimum Gasteiger partial charge on any atom is -0.495 e. The van der Waals surface area contributed by atoms with E-state index in [1.54, 1.807) is 53.9 Å². The number of ether oxygens (including phenoxy) is 3. The van der Waals surface area contributed by atoms with E-state index in [1.165, 1.54) is 30.1 Å². The number of hydrogen-bond donors (Lipinski definition) is 1. The molecular weight excluding hydrogens is 492 g/mol. The van der Waals surface area contributed by atoms with Crippen molar-refractivity contribution in [1.29, 1.82) is 0 Å². The minimum absolute atomic E-state index is 0.159. The lowest BCUT2D eigenvalue weighted by Crippen LogP contribution is -2.20. The van der Waals surface area contributed by atoms with E-state index in [9.17, 15) is 9.59 Å². The molecule has 10 heteroatoms. The Bertz CT molecular complexity index is 1540. The zero-order valence-corrected chi connectivity index (χ0v) is 21.3. The Hall–Kier alpha value is -4.18. The van der Waals surface area contributed by atoms with E-state index >= 15 is 0 Å². The number of aryl methyl sites for hydroxylation is 2. The van der Waals surface area contributed by atoms with E-state index in [4.69, 9.17) is 14.2 Å². The molecule has 0 saturated heterocycles. The molecule has 0 radical (unpaired) electrons. The average molecular weight is 519 g/mol. The maximum atomic E-state index is 13.1. The molecular formula is C27H26N4O5S. The highest BCUT2D eigenvalue weighted by Gasteiger charge is 2.20. The number of benzene rings is 2. The number of carbonyl (C=O) groups excluding carboxylic acids is 1. The van der Waals surface area contributed by atoms with Crippen LogP contribution in [0.1, 0.15) is 28.8 Å². The molecule has 2 heterocycles. The zero-order valence-electron chi connectivity index (χ0n) is 20.5. The van der Waals surface area contributed by atoms with Crippen LogP contribution in [0.2, 0.25) is 0 Å². The van der Waals surface area contributed by atoms with Gasteiger partial charge in [-0.2, -0.15) is 9.78 Å². The van der Waals surface area contributed by atoms with E-state index in [-0.39, 0.29) is 18.1 Å². The molecule has 1 N–H and O–H groups in total. The Morgan fingerprint density at radius 2 is 1.92 bits per heavy atom. The van der Waals surface area contributed by atoms with Crippen molar-refractivity contribution in [1.82, 2.24) is 9.66 Å². The number of thiophene rings is 1. The van der Waals surface area contributed by atoms with Crippen LogP contribution in [-0.4, -0.2) is 42.6 Å². The summed E-state index contributed by atoms with van der Waals surface area (Å²) in [5.41, 5.74) is 2.23. The summed E-state index contributed by atoms with van der Waals surface area (Å²) in [5.74, 6) is 1.06. The van der Waals surface area contributed by atoms with Crippen molar-refractivity contribution in [2.45, 2.75) is 25.7 Å². The number of nitrogens with one attached hydrogen (secondary N) is 1. The fraction of sp³-hybridized carbons (Fsp3) is 0.259. The van der Waals surface area contributed by atoms with Gasteiger partial charge < -0.3 is 19.5 Å². The Labute approximate surface area is 217 Å². The minimum atomic E-state index is -0.338. The molecule has 190 valence electrons. The highest BCUT2D eigenvalue weighted by molar-refractivity contribution is 7.18. The number of nitrogens with zero attached hydrogens (tertiary/aromatic N) is 3. The van der Waals surface area contributed by atoms with Gasteiger partial charge in [-0.25, -0.2) is 4.98 Å². The largest absolute Gasteiger partial charge is 0.495 e. The monoisotopic (exact) mass is 518 g/mol. The van der Waals surface area contributed by atoms with Crippen LogP contribution in [0.15, 0.2) is 58.7 Å². The fourth-order valence-corrected chi connectivity index (χ4v) is 5.53. The van der Waals surface area contributed by atoms with Gasteiger partial charge in [0.2, 0.25) is 0 Å². The third kappa shape index (κ3) is 5.19. The van der Waals surface area contributed by atoms with Gasteiger partial charge in [0.1, 0.15) is 16.9 Å². The second-order valence-corrected chi connectivity index (χ2v) is 9.56. The van der Waals surface area contributed by atoms with Crippen LogP contribution < -0.4 is 25.1 Å². The first-order chi connectivity index (χ1) is 18.1. The van der Waals surface area contributed by atoms with E-state index in [2.05, 4.69) is 15.4 Å². The van der Waals surface area contributed by atoms with Crippen molar-refractivity contribution in [2.75, 3.05) is 26.1 Å². The van der Waals surface area contributed by atoms with Crippen molar-refractivity contribution in [2.24, 2.45) is 5.10 Å². The van der Waals surface area contributed by atoms with E-state index in [0.717, 1.165) is 36.1 Å². The molecule has 9 nitrogen and oxygen atoms in total. The number of aromatic nitrogens is 2. The lowest BCUT2D eigenvalue weighted by atomic mass is 9.97. The van der Waals surface area contributed by atoms with Crippen molar-refractivity contribution >= 4 is 39.4 Å². The van der Waals surface area contributed by atoms with Gasteiger partial charge in [0, 0.05) is 4.88 Å². The molecule has 4 aromatic rings. The van der Waals surface area contributed by atoms with Gasteiger partial charge in [-0.3, -0.25) is 9.59 Å². The predicted octanol–water partition coefficient (Wildman–Crippen LogP) is 4.25. The molecule has 2 aromatic heterocycles. The molecule has 0 fully saturated rings. The van der Waals surface area contributed by atoms with Gasteiger partial charge in [0.15, 0.2) is 18.1 Å². The van der Waals surface area contributed by atoms with Gasteiger partial charge in [0.05, 0.1) is 31.5 Å². The number of amides is 1. The molecule has 1 amide bonds. The molecule has 1 aliphatic rings. The number of fused-ring (bicyclic) bond motifs is 3. The number of rotatable bonds is 8. The normalized spacial score (nSPS) is 12.9. The highest BCUT2D eigenvalue weighted by atomic mass is 32.1. The topological polar surface area (TPSA) is 104 Å².